The minimum atomic E-state index is 0.0667. The quantitative estimate of drug-likeness (QED) is 0.375. The second kappa shape index (κ2) is 7.18. The first-order valence-electron chi connectivity index (χ1n) is 10.1. The average molecular weight is 374 g/mol. The Bertz CT molecular complexity index is 1130. The fourth-order valence-corrected chi connectivity index (χ4v) is 4.35. The van der Waals surface area contributed by atoms with Crippen LogP contribution in [0, 0.1) is 5.92 Å². The van der Waals surface area contributed by atoms with E-state index in [1.54, 1.807) is 0 Å². The van der Waals surface area contributed by atoms with Gasteiger partial charge in [0, 0.05) is 11.5 Å². The van der Waals surface area contributed by atoms with Crippen LogP contribution in [0.15, 0.2) is 97.1 Å². The van der Waals surface area contributed by atoms with Gasteiger partial charge in [-0.25, -0.2) is 0 Å². The van der Waals surface area contributed by atoms with Gasteiger partial charge in [0.1, 0.15) is 0 Å². The van der Waals surface area contributed by atoms with Crippen molar-refractivity contribution in [3.63, 3.8) is 0 Å². The minimum absolute atomic E-state index is 0.0667. The Hall–Kier alpha value is -3.45. The highest BCUT2D eigenvalue weighted by Gasteiger charge is 2.29. The van der Waals surface area contributed by atoms with Gasteiger partial charge in [-0.05, 0) is 63.6 Å². The lowest BCUT2D eigenvalue weighted by Crippen LogP contribution is -2.02. The molecular weight excluding hydrogens is 352 g/mol. The molecule has 29 heavy (non-hydrogen) atoms. The molecule has 0 spiro atoms. The van der Waals surface area contributed by atoms with Crippen molar-refractivity contribution in [1.29, 1.82) is 0 Å². The number of rotatable bonds is 3. The molecule has 0 amide bonds. The molecule has 1 aliphatic carbocycles. The van der Waals surface area contributed by atoms with Crippen molar-refractivity contribution in [3.8, 4) is 33.4 Å². The lowest BCUT2D eigenvalue weighted by molar-refractivity contribution is 0.0946. The summed E-state index contributed by atoms with van der Waals surface area (Å²) in [5, 5.41) is 0. The van der Waals surface area contributed by atoms with Crippen LogP contribution >= 0.6 is 0 Å². The van der Waals surface area contributed by atoms with Gasteiger partial charge in [-0.15, -0.1) is 0 Å². The molecule has 1 atom stereocenters. The van der Waals surface area contributed by atoms with E-state index < -0.39 is 0 Å². The third-order valence-electron chi connectivity index (χ3n) is 5.86. The number of Topliss-reactive ketones (excluding diaryl/α,β-unsaturated/α-hetero) is 1. The molecule has 4 aromatic carbocycles. The van der Waals surface area contributed by atoms with Gasteiger partial charge in [0.15, 0.2) is 5.78 Å². The molecule has 0 bridgehead atoms. The number of fused-ring (bicyclic) bond motifs is 1. The van der Waals surface area contributed by atoms with Gasteiger partial charge in [0.05, 0.1) is 0 Å². The van der Waals surface area contributed by atoms with Crippen molar-refractivity contribution in [3.05, 3.63) is 108 Å². The zero-order chi connectivity index (χ0) is 19.8. The van der Waals surface area contributed by atoms with Gasteiger partial charge in [-0.2, -0.15) is 0 Å². The molecule has 0 radical (unpaired) electrons. The maximum absolute atomic E-state index is 12.6. The van der Waals surface area contributed by atoms with E-state index in [2.05, 4.69) is 72.8 Å². The van der Waals surface area contributed by atoms with Crippen molar-refractivity contribution in [2.75, 3.05) is 0 Å². The van der Waals surface area contributed by atoms with E-state index >= 15 is 0 Å². The Kier molecular flexibility index (Phi) is 4.37. The van der Waals surface area contributed by atoms with Crippen LogP contribution in [0.4, 0.5) is 0 Å². The summed E-state index contributed by atoms with van der Waals surface area (Å²) in [5.74, 6) is 0.335. The molecule has 0 N–H and O–H groups in total. The van der Waals surface area contributed by atoms with Crippen LogP contribution in [0.25, 0.3) is 33.4 Å². The Morgan fingerprint density at radius 2 is 1.10 bits per heavy atom. The Balaban J connectivity index is 1.73. The van der Waals surface area contributed by atoms with Crippen molar-refractivity contribution >= 4 is 5.78 Å². The fraction of sp³-hybridized carbons (Fsp3) is 0.107. The molecular formula is C28H22O. The van der Waals surface area contributed by atoms with Crippen LogP contribution in [-0.2, 0) is 6.42 Å². The third-order valence-corrected chi connectivity index (χ3v) is 5.86. The summed E-state index contributed by atoms with van der Waals surface area (Å²) in [7, 11) is 0. The van der Waals surface area contributed by atoms with Crippen molar-refractivity contribution < 1.29 is 4.79 Å². The predicted octanol–water partition coefficient (Wildman–Crippen LogP) is 7.06. The van der Waals surface area contributed by atoms with Crippen LogP contribution in [0.1, 0.15) is 22.8 Å². The molecule has 0 heterocycles. The summed E-state index contributed by atoms with van der Waals surface area (Å²) >= 11 is 0. The van der Waals surface area contributed by atoms with Gasteiger partial charge < -0.3 is 0 Å². The van der Waals surface area contributed by atoms with Crippen LogP contribution in [0.3, 0.4) is 0 Å². The predicted molar refractivity (Wildman–Crippen MR) is 120 cm³/mol. The zero-order valence-electron chi connectivity index (χ0n) is 16.4. The highest BCUT2D eigenvalue weighted by Crippen LogP contribution is 2.38. The number of hydrogen-bond acceptors (Lipinski definition) is 1. The maximum atomic E-state index is 12.6. The Morgan fingerprint density at radius 3 is 1.69 bits per heavy atom. The average Bonchev–Trinajstić information content (AvgIpc) is 3.08. The largest absolute Gasteiger partial charge is 0.294 e. The summed E-state index contributed by atoms with van der Waals surface area (Å²) in [6.45, 7) is 2.03. The maximum Gasteiger partial charge on any atom is 0.166 e. The van der Waals surface area contributed by atoms with Crippen molar-refractivity contribution in [2.24, 2.45) is 5.92 Å². The lowest BCUT2D eigenvalue weighted by atomic mass is 9.90. The van der Waals surface area contributed by atoms with Crippen LogP contribution in [0.2, 0.25) is 0 Å². The van der Waals surface area contributed by atoms with E-state index in [4.69, 9.17) is 0 Å². The smallest absolute Gasteiger partial charge is 0.166 e. The summed E-state index contributed by atoms with van der Waals surface area (Å²) in [4.78, 5) is 12.6. The van der Waals surface area contributed by atoms with E-state index in [0.717, 1.165) is 12.0 Å². The fourth-order valence-electron chi connectivity index (χ4n) is 4.35. The first-order chi connectivity index (χ1) is 14.2. The molecule has 0 fully saturated rings. The first-order valence-corrected chi connectivity index (χ1v) is 10.1. The standard InChI is InChI=1S/C28H22O/c1-19-15-27-25(13-8-14-26(27)28(19)29)24-17-22(20-9-4-2-5-10-20)16-23(18-24)21-11-6-3-7-12-21/h2-14,16-19H,15H2,1H3. The monoisotopic (exact) mass is 374 g/mol. The molecule has 0 saturated carbocycles. The van der Waals surface area contributed by atoms with Crippen LogP contribution < -0.4 is 0 Å². The molecule has 5 rings (SSSR count). The lowest BCUT2D eigenvalue weighted by Gasteiger charge is -2.14. The van der Waals surface area contributed by atoms with Gasteiger partial charge in [-0.3, -0.25) is 4.79 Å². The second-order valence-electron chi connectivity index (χ2n) is 7.83. The van der Waals surface area contributed by atoms with Gasteiger partial charge in [-0.1, -0.05) is 85.8 Å². The molecule has 0 saturated heterocycles. The van der Waals surface area contributed by atoms with Crippen LogP contribution in [-0.4, -0.2) is 5.78 Å². The van der Waals surface area contributed by atoms with Gasteiger partial charge >= 0.3 is 0 Å². The highest BCUT2D eigenvalue weighted by atomic mass is 16.1. The summed E-state index contributed by atoms with van der Waals surface area (Å²) in [5.41, 5.74) is 9.20. The van der Waals surface area contributed by atoms with E-state index in [-0.39, 0.29) is 11.7 Å². The van der Waals surface area contributed by atoms with Gasteiger partial charge in [0.2, 0.25) is 0 Å². The second-order valence-corrected chi connectivity index (χ2v) is 7.83. The molecule has 4 aromatic rings. The van der Waals surface area contributed by atoms with E-state index in [1.165, 1.54) is 38.9 Å². The zero-order valence-corrected chi connectivity index (χ0v) is 16.4. The van der Waals surface area contributed by atoms with Gasteiger partial charge in [0.25, 0.3) is 0 Å². The minimum Gasteiger partial charge on any atom is -0.294 e. The molecule has 0 aromatic heterocycles. The van der Waals surface area contributed by atoms with Crippen molar-refractivity contribution in [2.45, 2.75) is 13.3 Å². The van der Waals surface area contributed by atoms with E-state index in [1.807, 2.05) is 31.2 Å². The molecule has 140 valence electrons. The van der Waals surface area contributed by atoms with E-state index in [0.29, 0.717) is 0 Å². The molecule has 1 aliphatic rings. The van der Waals surface area contributed by atoms with E-state index in [9.17, 15) is 4.79 Å². The normalized spacial score (nSPS) is 15.3. The highest BCUT2D eigenvalue weighted by molar-refractivity contribution is 6.04. The number of hydrogen-bond donors (Lipinski definition) is 0. The summed E-state index contributed by atoms with van der Waals surface area (Å²) < 4.78 is 0. The Morgan fingerprint density at radius 1 is 0.586 bits per heavy atom. The number of benzene rings is 4. The number of carbonyl (C=O) groups is 1. The summed E-state index contributed by atoms with van der Waals surface area (Å²) in [6.07, 6.45) is 0.820. The number of carbonyl (C=O) groups excluding carboxylic acids is 1. The SMILES string of the molecule is CC1Cc2c(cccc2-c2cc(-c3ccccc3)cc(-c3ccccc3)c2)C1=O. The molecule has 1 unspecified atom stereocenters. The Labute approximate surface area is 171 Å². The molecule has 1 nitrogen and oxygen atoms in total. The molecule has 0 aliphatic heterocycles. The van der Waals surface area contributed by atoms with Crippen molar-refractivity contribution in [1.82, 2.24) is 0 Å². The van der Waals surface area contributed by atoms with Crippen LogP contribution in [0.5, 0.6) is 0 Å². The third kappa shape index (κ3) is 3.19. The molecule has 1 heteroatoms. The topological polar surface area (TPSA) is 17.1 Å². The first kappa shape index (κ1) is 17.6. The number of ketones is 1. The summed E-state index contributed by atoms with van der Waals surface area (Å²) in [6, 6.07) is 33.9.